The number of nitrogens with zero attached hydrogens (tertiary/aromatic N) is 2. The number of hydrogen-bond acceptors (Lipinski definition) is 4. The number of carbonyl (C=O) groups excluding carboxylic acids is 1. The first kappa shape index (κ1) is 13.5. The Kier molecular flexibility index (Phi) is 4.09. The second kappa shape index (κ2) is 5.77. The summed E-state index contributed by atoms with van der Waals surface area (Å²) in [5.41, 5.74) is 1.80. The van der Waals surface area contributed by atoms with Crippen LogP contribution in [-0.4, -0.2) is 21.0 Å². The number of carbonyl (C=O) groups is 1. The van der Waals surface area contributed by atoms with Crippen molar-refractivity contribution in [3.8, 4) is 0 Å². The van der Waals surface area contributed by atoms with E-state index in [0.29, 0.717) is 10.7 Å². The average molecular weight is 278 g/mol. The molecule has 0 fully saturated rings. The van der Waals surface area contributed by atoms with E-state index in [4.69, 9.17) is 16.7 Å². The quantitative estimate of drug-likeness (QED) is 0.902. The zero-order chi connectivity index (χ0) is 13.8. The van der Waals surface area contributed by atoms with Gasteiger partial charge in [0.25, 0.3) is 5.91 Å². The van der Waals surface area contributed by atoms with Gasteiger partial charge < -0.3 is 10.4 Å². The maximum atomic E-state index is 12.0. The van der Waals surface area contributed by atoms with Crippen LogP contribution in [0.3, 0.4) is 0 Å². The van der Waals surface area contributed by atoms with E-state index in [1.54, 1.807) is 12.1 Å². The molecule has 1 aromatic heterocycles. The van der Waals surface area contributed by atoms with Crippen molar-refractivity contribution in [1.82, 2.24) is 9.97 Å². The van der Waals surface area contributed by atoms with E-state index in [1.807, 2.05) is 13.0 Å². The number of anilines is 1. The molecule has 2 rings (SSSR count). The Balaban J connectivity index is 2.26. The third kappa shape index (κ3) is 3.07. The molecule has 1 aromatic carbocycles. The van der Waals surface area contributed by atoms with Crippen LogP contribution in [0.5, 0.6) is 0 Å². The van der Waals surface area contributed by atoms with Gasteiger partial charge in [-0.25, -0.2) is 4.98 Å². The Hall–Kier alpha value is -1.98. The van der Waals surface area contributed by atoms with Crippen molar-refractivity contribution in [3.63, 3.8) is 0 Å². The van der Waals surface area contributed by atoms with Crippen LogP contribution in [0, 0.1) is 6.92 Å². The second-order valence-electron chi connectivity index (χ2n) is 3.95. The fourth-order valence-electron chi connectivity index (χ4n) is 1.58. The number of aliphatic hydroxyl groups excluding tert-OH is 1. The predicted molar refractivity (Wildman–Crippen MR) is 72.1 cm³/mol. The highest BCUT2D eigenvalue weighted by Crippen LogP contribution is 2.23. The largest absolute Gasteiger partial charge is 0.390 e. The fourth-order valence-corrected chi connectivity index (χ4v) is 1.86. The second-order valence-corrected chi connectivity index (χ2v) is 4.35. The van der Waals surface area contributed by atoms with Gasteiger partial charge in [0.1, 0.15) is 0 Å². The summed E-state index contributed by atoms with van der Waals surface area (Å²) in [6, 6.07) is 5.30. The van der Waals surface area contributed by atoms with Crippen molar-refractivity contribution in [2.24, 2.45) is 0 Å². The van der Waals surface area contributed by atoms with Crippen molar-refractivity contribution in [3.05, 3.63) is 52.6 Å². The summed E-state index contributed by atoms with van der Waals surface area (Å²) in [4.78, 5) is 19.9. The fraction of sp³-hybridized carbons (Fsp3) is 0.154. The van der Waals surface area contributed by atoms with Crippen molar-refractivity contribution in [1.29, 1.82) is 0 Å². The highest BCUT2D eigenvalue weighted by Gasteiger charge is 2.14. The van der Waals surface area contributed by atoms with Crippen LogP contribution in [0.25, 0.3) is 0 Å². The first-order valence-electron chi connectivity index (χ1n) is 5.60. The number of hydrogen-bond donors (Lipinski definition) is 2. The van der Waals surface area contributed by atoms with Gasteiger partial charge in [0, 0.05) is 12.4 Å². The van der Waals surface area contributed by atoms with Crippen molar-refractivity contribution in [2.75, 3.05) is 5.32 Å². The lowest BCUT2D eigenvalue weighted by Crippen LogP contribution is -2.17. The summed E-state index contributed by atoms with van der Waals surface area (Å²) in [6.07, 6.45) is 2.81. The molecule has 0 aliphatic carbocycles. The van der Waals surface area contributed by atoms with Gasteiger partial charge in [0.15, 0.2) is 5.69 Å². The number of nitrogens with one attached hydrogen (secondary N) is 1. The monoisotopic (exact) mass is 277 g/mol. The maximum Gasteiger partial charge on any atom is 0.276 e. The van der Waals surface area contributed by atoms with Crippen LogP contribution >= 0.6 is 11.6 Å². The Morgan fingerprint density at radius 3 is 2.79 bits per heavy atom. The van der Waals surface area contributed by atoms with Crippen LogP contribution < -0.4 is 5.32 Å². The molecule has 1 amide bonds. The molecule has 0 aliphatic rings. The summed E-state index contributed by atoms with van der Waals surface area (Å²) < 4.78 is 0. The lowest BCUT2D eigenvalue weighted by Gasteiger charge is -2.08. The van der Waals surface area contributed by atoms with Gasteiger partial charge in [-0.05, 0) is 24.6 Å². The molecule has 0 radical (unpaired) electrons. The van der Waals surface area contributed by atoms with E-state index in [1.165, 1.54) is 12.4 Å². The van der Waals surface area contributed by atoms with Crippen LogP contribution in [-0.2, 0) is 6.61 Å². The number of aliphatic hydroxyl groups is 1. The Morgan fingerprint density at radius 1 is 1.37 bits per heavy atom. The Bertz CT molecular complexity index is 617. The van der Waals surface area contributed by atoms with Gasteiger partial charge in [0.2, 0.25) is 0 Å². The Labute approximate surface area is 115 Å². The molecule has 98 valence electrons. The van der Waals surface area contributed by atoms with E-state index in [-0.39, 0.29) is 18.0 Å². The van der Waals surface area contributed by atoms with Gasteiger partial charge in [-0.15, -0.1) is 0 Å². The van der Waals surface area contributed by atoms with Crippen molar-refractivity contribution >= 4 is 23.2 Å². The molecule has 6 heteroatoms. The topological polar surface area (TPSA) is 75.1 Å². The number of halogens is 1. The van der Waals surface area contributed by atoms with Crippen molar-refractivity contribution < 1.29 is 9.90 Å². The smallest absolute Gasteiger partial charge is 0.276 e. The van der Waals surface area contributed by atoms with E-state index < -0.39 is 5.91 Å². The molecular weight excluding hydrogens is 266 g/mol. The third-order valence-electron chi connectivity index (χ3n) is 2.51. The number of benzene rings is 1. The molecule has 0 aliphatic heterocycles. The maximum absolute atomic E-state index is 12.0. The molecule has 0 bridgehead atoms. The average Bonchev–Trinajstić information content (AvgIpc) is 2.41. The molecular formula is C13H12ClN3O2. The Morgan fingerprint density at radius 2 is 2.11 bits per heavy atom. The molecule has 2 N–H and O–H groups in total. The first-order chi connectivity index (χ1) is 9.11. The van der Waals surface area contributed by atoms with Gasteiger partial charge in [-0.2, -0.15) is 0 Å². The zero-order valence-electron chi connectivity index (χ0n) is 10.2. The summed E-state index contributed by atoms with van der Waals surface area (Å²) in [6.45, 7) is 1.56. The van der Waals surface area contributed by atoms with Crippen LogP contribution in [0.4, 0.5) is 5.69 Å². The van der Waals surface area contributed by atoms with E-state index >= 15 is 0 Å². The normalized spacial score (nSPS) is 10.3. The molecule has 0 atom stereocenters. The minimum atomic E-state index is -0.456. The molecule has 1 heterocycles. The van der Waals surface area contributed by atoms with E-state index in [2.05, 4.69) is 15.3 Å². The zero-order valence-corrected chi connectivity index (χ0v) is 11.0. The summed E-state index contributed by atoms with van der Waals surface area (Å²) in [5, 5.41) is 12.2. The standard InChI is InChI=1S/C13H12ClN3O2/c1-8-2-3-10(9(14)6-8)17-13(19)12-11(7-18)15-4-5-16-12/h2-6,18H,7H2,1H3,(H,17,19). The third-order valence-corrected chi connectivity index (χ3v) is 2.82. The molecule has 0 saturated carbocycles. The van der Waals surface area contributed by atoms with Crippen molar-refractivity contribution in [2.45, 2.75) is 13.5 Å². The van der Waals surface area contributed by atoms with Gasteiger partial charge in [-0.3, -0.25) is 9.78 Å². The molecule has 0 spiro atoms. The highest BCUT2D eigenvalue weighted by molar-refractivity contribution is 6.34. The summed E-state index contributed by atoms with van der Waals surface area (Å²) >= 11 is 6.03. The summed E-state index contributed by atoms with van der Waals surface area (Å²) in [5.74, 6) is -0.456. The van der Waals surface area contributed by atoms with Gasteiger partial charge >= 0.3 is 0 Å². The van der Waals surface area contributed by atoms with E-state index in [0.717, 1.165) is 5.56 Å². The highest BCUT2D eigenvalue weighted by atomic mass is 35.5. The summed E-state index contributed by atoms with van der Waals surface area (Å²) in [7, 11) is 0. The van der Waals surface area contributed by atoms with Crippen LogP contribution in [0.15, 0.2) is 30.6 Å². The number of aryl methyl sites for hydroxylation is 1. The lowest BCUT2D eigenvalue weighted by molar-refractivity contribution is 0.101. The van der Waals surface area contributed by atoms with Crippen LogP contribution in [0.1, 0.15) is 21.7 Å². The van der Waals surface area contributed by atoms with E-state index in [9.17, 15) is 4.79 Å². The molecule has 19 heavy (non-hydrogen) atoms. The minimum absolute atomic E-state index is 0.0849. The minimum Gasteiger partial charge on any atom is -0.390 e. The predicted octanol–water partition coefficient (Wildman–Crippen LogP) is 2.18. The number of amides is 1. The lowest BCUT2D eigenvalue weighted by atomic mass is 10.2. The number of rotatable bonds is 3. The van der Waals surface area contributed by atoms with Gasteiger partial charge in [-0.1, -0.05) is 17.7 Å². The molecule has 5 nitrogen and oxygen atoms in total. The molecule has 2 aromatic rings. The SMILES string of the molecule is Cc1ccc(NC(=O)c2nccnc2CO)c(Cl)c1. The van der Waals surface area contributed by atoms with Gasteiger partial charge in [0.05, 0.1) is 23.0 Å². The first-order valence-corrected chi connectivity index (χ1v) is 5.98. The molecule has 0 unspecified atom stereocenters. The van der Waals surface area contributed by atoms with Crippen LogP contribution in [0.2, 0.25) is 5.02 Å². The number of aromatic nitrogens is 2. The molecule has 0 saturated heterocycles.